The second-order valence-corrected chi connectivity index (χ2v) is 7.74. The van der Waals surface area contributed by atoms with Gasteiger partial charge in [0, 0.05) is 38.3 Å². The molecule has 31 heavy (non-hydrogen) atoms. The van der Waals surface area contributed by atoms with Crippen molar-refractivity contribution >= 4 is 17.6 Å². The topological polar surface area (TPSA) is 74.8 Å². The number of pyridine rings is 1. The number of halogens is 2. The van der Waals surface area contributed by atoms with Gasteiger partial charge in [-0.3, -0.25) is 4.79 Å². The van der Waals surface area contributed by atoms with Crippen LogP contribution in [0.4, 0.5) is 19.3 Å². The Bertz CT molecular complexity index is 966. The summed E-state index contributed by atoms with van der Waals surface area (Å²) in [5, 5.41) is 2.39. The third-order valence-corrected chi connectivity index (χ3v) is 5.53. The van der Waals surface area contributed by atoms with Crippen LogP contribution in [0.3, 0.4) is 0 Å². The van der Waals surface area contributed by atoms with Gasteiger partial charge in [-0.1, -0.05) is 0 Å². The second kappa shape index (κ2) is 9.28. The molecular formula is C22H24F2N4O3. The highest BCUT2D eigenvalue weighted by Crippen LogP contribution is 2.24. The SMILES string of the molecule is O=C(Nc1cc(F)ccc1F)N1CCC(Oc2ncccc2C(=O)N2CCCCC2)C1. The standard InChI is InChI=1S/C22H24F2N4O3/c23-15-6-7-18(24)19(13-15)26-22(30)28-12-8-16(14-28)31-20-17(5-4-9-25-20)21(29)27-10-2-1-3-11-27/h4-7,9,13,16H,1-3,8,10-12,14H2,(H,26,30). The lowest BCUT2D eigenvalue weighted by molar-refractivity contribution is 0.0715. The highest BCUT2D eigenvalue weighted by atomic mass is 19.1. The highest BCUT2D eigenvalue weighted by Gasteiger charge is 2.30. The fourth-order valence-electron chi connectivity index (χ4n) is 3.87. The molecule has 2 aliphatic heterocycles. The predicted molar refractivity (Wildman–Crippen MR) is 110 cm³/mol. The van der Waals surface area contributed by atoms with E-state index in [0.29, 0.717) is 18.5 Å². The van der Waals surface area contributed by atoms with Crippen LogP contribution in [0.25, 0.3) is 0 Å². The van der Waals surface area contributed by atoms with E-state index in [1.165, 1.54) is 4.90 Å². The zero-order chi connectivity index (χ0) is 21.8. The van der Waals surface area contributed by atoms with Crippen LogP contribution in [-0.2, 0) is 0 Å². The lowest BCUT2D eigenvalue weighted by Gasteiger charge is -2.27. The monoisotopic (exact) mass is 430 g/mol. The van der Waals surface area contributed by atoms with E-state index < -0.39 is 17.7 Å². The van der Waals surface area contributed by atoms with E-state index >= 15 is 0 Å². The number of urea groups is 1. The molecule has 1 aromatic carbocycles. The van der Waals surface area contributed by atoms with E-state index in [2.05, 4.69) is 10.3 Å². The normalized spacial score (nSPS) is 18.7. The maximum atomic E-state index is 13.8. The first kappa shape index (κ1) is 21.0. The van der Waals surface area contributed by atoms with Crippen molar-refractivity contribution in [3.05, 3.63) is 53.7 Å². The van der Waals surface area contributed by atoms with Gasteiger partial charge in [-0.25, -0.2) is 18.6 Å². The Morgan fingerprint density at radius 1 is 1.06 bits per heavy atom. The van der Waals surface area contributed by atoms with Gasteiger partial charge in [0.25, 0.3) is 5.91 Å². The second-order valence-electron chi connectivity index (χ2n) is 7.74. The third-order valence-electron chi connectivity index (χ3n) is 5.53. The maximum Gasteiger partial charge on any atom is 0.322 e. The van der Waals surface area contributed by atoms with E-state index in [9.17, 15) is 18.4 Å². The Labute approximate surface area is 179 Å². The molecule has 3 heterocycles. The first-order chi connectivity index (χ1) is 15.0. The molecule has 1 N–H and O–H groups in total. The van der Waals surface area contributed by atoms with Crippen LogP contribution >= 0.6 is 0 Å². The molecule has 2 aliphatic rings. The van der Waals surface area contributed by atoms with E-state index in [-0.39, 0.29) is 30.1 Å². The number of carbonyl (C=O) groups excluding carboxylic acids is 2. The summed E-state index contributed by atoms with van der Waals surface area (Å²) in [5.41, 5.74) is 0.197. The molecule has 3 amide bonds. The van der Waals surface area contributed by atoms with E-state index in [4.69, 9.17) is 4.74 Å². The summed E-state index contributed by atoms with van der Waals surface area (Å²) in [6.07, 6.45) is 4.84. The fraction of sp³-hybridized carbons (Fsp3) is 0.409. The predicted octanol–water partition coefficient (Wildman–Crippen LogP) is 3.67. The Kier molecular flexibility index (Phi) is 6.29. The molecule has 1 aromatic heterocycles. The average molecular weight is 430 g/mol. The molecule has 1 atom stereocenters. The molecule has 4 rings (SSSR count). The summed E-state index contributed by atoms with van der Waals surface area (Å²) in [6.45, 7) is 2.08. The largest absolute Gasteiger partial charge is 0.472 e. The minimum Gasteiger partial charge on any atom is -0.472 e. The average Bonchev–Trinajstić information content (AvgIpc) is 3.25. The smallest absolute Gasteiger partial charge is 0.322 e. The zero-order valence-electron chi connectivity index (χ0n) is 17.0. The number of hydrogen-bond donors (Lipinski definition) is 1. The van der Waals surface area contributed by atoms with Crippen LogP contribution in [0.5, 0.6) is 5.88 Å². The van der Waals surface area contributed by atoms with Crippen molar-refractivity contribution in [2.75, 3.05) is 31.5 Å². The molecule has 0 spiro atoms. The van der Waals surface area contributed by atoms with Crippen molar-refractivity contribution < 1.29 is 23.1 Å². The zero-order valence-corrected chi connectivity index (χ0v) is 17.0. The molecule has 2 aromatic rings. The van der Waals surface area contributed by atoms with Crippen molar-refractivity contribution in [1.82, 2.24) is 14.8 Å². The number of hydrogen-bond acceptors (Lipinski definition) is 4. The van der Waals surface area contributed by atoms with Crippen LogP contribution in [0, 0.1) is 11.6 Å². The maximum absolute atomic E-state index is 13.8. The molecule has 0 bridgehead atoms. The first-order valence-electron chi connectivity index (χ1n) is 10.4. The number of rotatable bonds is 4. The van der Waals surface area contributed by atoms with Crippen LogP contribution in [0.1, 0.15) is 36.0 Å². The van der Waals surface area contributed by atoms with Crippen molar-refractivity contribution in [3.63, 3.8) is 0 Å². The number of piperidine rings is 1. The molecule has 7 nitrogen and oxygen atoms in total. The molecule has 0 aliphatic carbocycles. The molecule has 2 fully saturated rings. The molecule has 2 saturated heterocycles. The summed E-state index contributed by atoms with van der Waals surface area (Å²) >= 11 is 0. The molecule has 0 radical (unpaired) electrons. The lowest BCUT2D eigenvalue weighted by Crippen LogP contribution is -2.36. The molecular weight excluding hydrogens is 406 g/mol. The number of benzene rings is 1. The summed E-state index contributed by atoms with van der Waals surface area (Å²) in [6, 6.07) is 5.74. The number of amides is 3. The van der Waals surface area contributed by atoms with Gasteiger partial charge in [0.05, 0.1) is 12.2 Å². The number of carbonyl (C=O) groups is 2. The van der Waals surface area contributed by atoms with E-state index in [1.807, 2.05) is 4.90 Å². The van der Waals surface area contributed by atoms with Crippen molar-refractivity contribution in [1.29, 1.82) is 0 Å². The Balaban J connectivity index is 1.39. The van der Waals surface area contributed by atoms with Crippen LogP contribution in [-0.4, -0.2) is 59.0 Å². The Hall–Kier alpha value is -3.23. The number of ether oxygens (including phenoxy) is 1. The summed E-state index contributed by atoms with van der Waals surface area (Å²) in [7, 11) is 0. The number of anilines is 1. The van der Waals surface area contributed by atoms with E-state index in [1.54, 1.807) is 18.3 Å². The minimum atomic E-state index is -0.712. The Morgan fingerprint density at radius 3 is 2.68 bits per heavy atom. The van der Waals surface area contributed by atoms with Gasteiger partial charge >= 0.3 is 6.03 Å². The van der Waals surface area contributed by atoms with Crippen LogP contribution < -0.4 is 10.1 Å². The molecule has 164 valence electrons. The van der Waals surface area contributed by atoms with Gasteiger partial charge in [0.2, 0.25) is 5.88 Å². The van der Waals surface area contributed by atoms with Crippen molar-refractivity contribution in [3.8, 4) is 5.88 Å². The number of likely N-dealkylation sites (tertiary alicyclic amines) is 2. The summed E-state index contributed by atoms with van der Waals surface area (Å²) < 4.78 is 33.1. The van der Waals surface area contributed by atoms with Gasteiger partial charge < -0.3 is 19.9 Å². The number of aromatic nitrogens is 1. The van der Waals surface area contributed by atoms with Gasteiger partial charge in [0.15, 0.2) is 0 Å². The number of nitrogens with one attached hydrogen (secondary N) is 1. The Morgan fingerprint density at radius 2 is 1.87 bits per heavy atom. The van der Waals surface area contributed by atoms with Crippen molar-refractivity contribution in [2.24, 2.45) is 0 Å². The molecule has 9 heteroatoms. The third kappa shape index (κ3) is 4.92. The molecule has 0 saturated carbocycles. The van der Waals surface area contributed by atoms with Gasteiger partial charge in [-0.05, 0) is 43.5 Å². The van der Waals surface area contributed by atoms with Gasteiger partial charge in [0.1, 0.15) is 23.3 Å². The summed E-state index contributed by atoms with van der Waals surface area (Å²) in [5.74, 6) is -1.20. The first-order valence-corrected chi connectivity index (χ1v) is 10.4. The number of nitrogens with zero attached hydrogens (tertiary/aromatic N) is 3. The molecule has 1 unspecified atom stereocenters. The minimum absolute atomic E-state index is 0.100. The highest BCUT2D eigenvalue weighted by molar-refractivity contribution is 5.96. The van der Waals surface area contributed by atoms with Gasteiger partial charge in [-0.2, -0.15) is 0 Å². The van der Waals surface area contributed by atoms with E-state index in [0.717, 1.165) is 50.6 Å². The van der Waals surface area contributed by atoms with Crippen LogP contribution in [0.2, 0.25) is 0 Å². The lowest BCUT2D eigenvalue weighted by atomic mass is 10.1. The quantitative estimate of drug-likeness (QED) is 0.803. The van der Waals surface area contributed by atoms with Gasteiger partial charge in [-0.15, -0.1) is 0 Å². The van der Waals surface area contributed by atoms with Crippen LogP contribution in [0.15, 0.2) is 36.5 Å². The van der Waals surface area contributed by atoms with Crippen molar-refractivity contribution in [2.45, 2.75) is 31.8 Å². The fourth-order valence-corrected chi connectivity index (χ4v) is 3.87. The summed E-state index contributed by atoms with van der Waals surface area (Å²) in [4.78, 5) is 32.9.